The number of para-hydroxylation sites is 1. The van der Waals surface area contributed by atoms with Crippen molar-refractivity contribution in [1.29, 1.82) is 0 Å². The van der Waals surface area contributed by atoms with E-state index in [1.165, 1.54) is 11.8 Å². The van der Waals surface area contributed by atoms with Crippen molar-refractivity contribution < 1.29 is 4.42 Å². The summed E-state index contributed by atoms with van der Waals surface area (Å²) in [6, 6.07) is 17.5. The lowest BCUT2D eigenvalue weighted by Crippen LogP contribution is -2.46. The second-order valence-corrected chi connectivity index (χ2v) is 7.61. The molecular weight excluding hydrogens is 392 g/mol. The molecule has 0 unspecified atom stereocenters. The van der Waals surface area contributed by atoms with Gasteiger partial charge in [-0.15, -0.1) is 0 Å². The van der Waals surface area contributed by atoms with E-state index in [2.05, 4.69) is 49.1 Å². The van der Waals surface area contributed by atoms with Crippen LogP contribution in [0.1, 0.15) is 0 Å². The number of anilines is 2. The lowest BCUT2D eigenvalue weighted by Gasteiger charge is -2.36. The van der Waals surface area contributed by atoms with Gasteiger partial charge in [-0.3, -0.25) is 9.89 Å². The molecule has 8 heteroatoms. The first kappa shape index (κ1) is 17.8. The molecule has 1 aliphatic rings. The van der Waals surface area contributed by atoms with Crippen molar-refractivity contribution in [1.82, 2.24) is 19.6 Å². The fourth-order valence-electron chi connectivity index (χ4n) is 4.21. The molecule has 1 N–H and O–H groups in total. The van der Waals surface area contributed by atoms with Crippen LogP contribution in [0.2, 0.25) is 0 Å². The van der Waals surface area contributed by atoms with E-state index in [4.69, 9.17) is 4.42 Å². The standard InChI is InChI=1S/C23H20N6O2/c30-22-7-6-21-25-15-18(29(21)26-22)20-14-17-19(31-20)8-9-24-23(17)28-12-10-27(11-13-28)16-4-2-1-3-5-16/h1-9,14-15H,10-13H2,(H,26,30). The number of aromatic amines is 1. The number of benzene rings is 1. The zero-order chi connectivity index (χ0) is 20.8. The predicted molar refractivity (Wildman–Crippen MR) is 120 cm³/mol. The SMILES string of the molecule is O=c1ccc2ncc(-c3cc4c(N5CCN(c6ccccc6)CC5)nccc4o3)n2[nH]1. The molecule has 0 aliphatic carbocycles. The Morgan fingerprint density at radius 1 is 0.903 bits per heavy atom. The summed E-state index contributed by atoms with van der Waals surface area (Å²) in [5, 5.41) is 3.74. The van der Waals surface area contributed by atoms with Crippen LogP contribution in [-0.2, 0) is 0 Å². The number of furan rings is 1. The third kappa shape index (κ3) is 3.04. The molecule has 154 valence electrons. The van der Waals surface area contributed by atoms with E-state index in [0.29, 0.717) is 17.1 Å². The number of imidazole rings is 1. The number of nitrogens with zero attached hydrogens (tertiary/aromatic N) is 5. The van der Waals surface area contributed by atoms with Crippen LogP contribution in [-0.4, -0.2) is 45.8 Å². The summed E-state index contributed by atoms with van der Waals surface area (Å²) >= 11 is 0. The minimum absolute atomic E-state index is 0.193. The van der Waals surface area contributed by atoms with Crippen LogP contribution in [0.25, 0.3) is 28.1 Å². The highest BCUT2D eigenvalue weighted by molar-refractivity contribution is 5.92. The van der Waals surface area contributed by atoms with Crippen molar-refractivity contribution in [2.24, 2.45) is 0 Å². The molecule has 0 amide bonds. The van der Waals surface area contributed by atoms with Crippen molar-refractivity contribution in [3.63, 3.8) is 0 Å². The van der Waals surface area contributed by atoms with E-state index >= 15 is 0 Å². The maximum absolute atomic E-state index is 11.8. The summed E-state index contributed by atoms with van der Waals surface area (Å²) in [6.45, 7) is 3.62. The first-order chi connectivity index (χ1) is 15.3. The Morgan fingerprint density at radius 2 is 1.71 bits per heavy atom. The fourth-order valence-corrected chi connectivity index (χ4v) is 4.21. The highest BCUT2D eigenvalue weighted by Gasteiger charge is 2.22. The molecule has 0 bridgehead atoms. The Kier molecular flexibility index (Phi) is 4.02. The topological polar surface area (TPSA) is 82.7 Å². The van der Waals surface area contributed by atoms with Gasteiger partial charge < -0.3 is 14.2 Å². The maximum atomic E-state index is 11.8. The Bertz CT molecular complexity index is 1430. The first-order valence-electron chi connectivity index (χ1n) is 10.3. The van der Waals surface area contributed by atoms with E-state index in [1.807, 2.05) is 18.2 Å². The third-order valence-corrected chi connectivity index (χ3v) is 5.77. The van der Waals surface area contributed by atoms with Gasteiger partial charge >= 0.3 is 0 Å². The van der Waals surface area contributed by atoms with Gasteiger partial charge in [0.05, 0.1) is 11.6 Å². The molecule has 5 aromatic rings. The van der Waals surface area contributed by atoms with Gasteiger partial charge in [-0.1, -0.05) is 18.2 Å². The maximum Gasteiger partial charge on any atom is 0.263 e. The summed E-state index contributed by atoms with van der Waals surface area (Å²) in [5.41, 5.74) is 3.18. The molecule has 0 atom stereocenters. The van der Waals surface area contributed by atoms with Gasteiger partial charge in [0, 0.05) is 44.1 Å². The van der Waals surface area contributed by atoms with Crippen LogP contribution in [0, 0.1) is 0 Å². The molecule has 1 fully saturated rings. The van der Waals surface area contributed by atoms with Gasteiger partial charge in [-0.25, -0.2) is 14.5 Å². The average molecular weight is 412 g/mol. The molecule has 6 rings (SSSR count). The fraction of sp³-hybridized carbons (Fsp3) is 0.174. The molecule has 0 saturated carbocycles. The van der Waals surface area contributed by atoms with Gasteiger partial charge in [0.1, 0.15) is 17.1 Å². The van der Waals surface area contributed by atoms with Crippen molar-refractivity contribution in [3.8, 4) is 11.5 Å². The van der Waals surface area contributed by atoms with Crippen LogP contribution in [0.15, 0.2) is 76.2 Å². The van der Waals surface area contributed by atoms with Crippen LogP contribution in [0.5, 0.6) is 0 Å². The van der Waals surface area contributed by atoms with Gasteiger partial charge in [-0.2, -0.15) is 0 Å². The van der Waals surface area contributed by atoms with Crippen molar-refractivity contribution in [2.75, 3.05) is 36.0 Å². The molecule has 1 saturated heterocycles. The van der Waals surface area contributed by atoms with E-state index < -0.39 is 0 Å². The van der Waals surface area contributed by atoms with Gasteiger partial charge in [0.25, 0.3) is 5.56 Å². The summed E-state index contributed by atoms with van der Waals surface area (Å²) in [5.74, 6) is 1.56. The molecule has 1 aromatic carbocycles. The molecule has 4 aromatic heterocycles. The Morgan fingerprint density at radius 3 is 2.55 bits per heavy atom. The smallest absolute Gasteiger partial charge is 0.263 e. The number of hydrogen-bond acceptors (Lipinski definition) is 6. The second-order valence-electron chi connectivity index (χ2n) is 7.61. The number of aromatic nitrogens is 4. The highest BCUT2D eigenvalue weighted by atomic mass is 16.3. The minimum atomic E-state index is -0.193. The first-order valence-corrected chi connectivity index (χ1v) is 10.3. The number of nitrogens with one attached hydrogen (secondary N) is 1. The summed E-state index contributed by atoms with van der Waals surface area (Å²) in [4.78, 5) is 25.5. The molecule has 8 nitrogen and oxygen atoms in total. The summed E-state index contributed by atoms with van der Waals surface area (Å²) in [7, 11) is 0. The number of H-pyrrole nitrogens is 1. The molecule has 0 spiro atoms. The minimum Gasteiger partial charge on any atom is -0.454 e. The van der Waals surface area contributed by atoms with Crippen molar-refractivity contribution >= 4 is 28.1 Å². The molecule has 0 radical (unpaired) electrons. The predicted octanol–water partition coefficient (Wildman–Crippen LogP) is 3.16. The lowest BCUT2D eigenvalue weighted by atomic mass is 10.2. The third-order valence-electron chi connectivity index (χ3n) is 5.77. The van der Waals surface area contributed by atoms with Gasteiger partial charge in [0.15, 0.2) is 11.4 Å². The zero-order valence-electron chi connectivity index (χ0n) is 16.7. The van der Waals surface area contributed by atoms with E-state index in [0.717, 1.165) is 43.0 Å². The lowest BCUT2D eigenvalue weighted by molar-refractivity contribution is 0.623. The van der Waals surface area contributed by atoms with Crippen LogP contribution < -0.4 is 15.4 Å². The number of pyridine rings is 1. The number of piperazine rings is 1. The molecule has 5 heterocycles. The largest absolute Gasteiger partial charge is 0.454 e. The van der Waals surface area contributed by atoms with Gasteiger partial charge in [0.2, 0.25) is 0 Å². The number of hydrogen-bond donors (Lipinski definition) is 1. The second kappa shape index (κ2) is 7.02. The number of rotatable bonds is 3. The number of fused-ring (bicyclic) bond motifs is 2. The quantitative estimate of drug-likeness (QED) is 0.490. The van der Waals surface area contributed by atoms with E-state index in [-0.39, 0.29) is 5.56 Å². The molecular formula is C23H20N6O2. The Labute approximate surface area is 177 Å². The van der Waals surface area contributed by atoms with Crippen molar-refractivity contribution in [3.05, 3.63) is 77.3 Å². The molecule has 1 aliphatic heterocycles. The Hall–Kier alpha value is -4.07. The highest BCUT2D eigenvalue weighted by Crippen LogP contribution is 2.33. The van der Waals surface area contributed by atoms with Crippen molar-refractivity contribution in [2.45, 2.75) is 0 Å². The summed E-state index contributed by atoms with van der Waals surface area (Å²) < 4.78 is 7.77. The van der Waals surface area contributed by atoms with E-state index in [1.54, 1.807) is 23.0 Å². The monoisotopic (exact) mass is 412 g/mol. The normalized spacial score (nSPS) is 14.6. The average Bonchev–Trinajstić information content (AvgIpc) is 3.43. The van der Waals surface area contributed by atoms with Crippen LogP contribution >= 0.6 is 0 Å². The summed E-state index contributed by atoms with van der Waals surface area (Å²) in [6.07, 6.45) is 3.49. The molecule has 31 heavy (non-hydrogen) atoms. The zero-order valence-corrected chi connectivity index (χ0v) is 16.7. The van der Waals surface area contributed by atoms with Crippen LogP contribution in [0.3, 0.4) is 0 Å². The van der Waals surface area contributed by atoms with E-state index in [9.17, 15) is 4.79 Å². The van der Waals surface area contributed by atoms with Gasteiger partial charge in [-0.05, 0) is 30.3 Å². The van der Waals surface area contributed by atoms with Crippen LogP contribution in [0.4, 0.5) is 11.5 Å². The Balaban J connectivity index is 1.33.